The van der Waals surface area contributed by atoms with Crippen LogP contribution in [-0.2, 0) is 16.1 Å². The molecule has 1 aliphatic heterocycles. The van der Waals surface area contributed by atoms with Gasteiger partial charge in [0.1, 0.15) is 0 Å². The summed E-state index contributed by atoms with van der Waals surface area (Å²) in [6, 6.07) is 11.2. The average Bonchev–Trinajstić information content (AvgIpc) is 3.17. The maximum Gasteiger partial charge on any atom is 0.352 e. The van der Waals surface area contributed by atoms with Crippen LogP contribution in [0.3, 0.4) is 0 Å². The lowest BCUT2D eigenvalue weighted by molar-refractivity contribution is -0.115. The minimum Gasteiger partial charge on any atom is -0.504 e. The molecule has 1 aromatic heterocycles. The molecule has 0 bridgehead atoms. The summed E-state index contributed by atoms with van der Waals surface area (Å²) in [6.45, 7) is 0.0832. The van der Waals surface area contributed by atoms with Crippen LogP contribution < -0.4 is 16.1 Å². The van der Waals surface area contributed by atoms with Gasteiger partial charge in [0.25, 0.3) is 0 Å². The first-order chi connectivity index (χ1) is 18.2. The van der Waals surface area contributed by atoms with Gasteiger partial charge in [-0.3, -0.25) is 9.59 Å². The number of aromatic hydroxyl groups is 1. The number of phenolic OH excluding ortho intramolecular Hbond substituents is 1. The number of carbonyl (C=O) groups is 2. The van der Waals surface area contributed by atoms with Gasteiger partial charge in [0, 0.05) is 39.6 Å². The zero-order chi connectivity index (χ0) is 26.9. The highest BCUT2D eigenvalue weighted by Gasteiger charge is 2.46. The highest BCUT2D eigenvalue weighted by molar-refractivity contribution is 14.1. The number of nitrogens with zero attached hydrogens (tertiary/aromatic N) is 3. The number of allylic oxidation sites excluding steroid dienone is 6. The summed E-state index contributed by atoms with van der Waals surface area (Å²) < 4.78 is 10.1. The minimum atomic E-state index is -0.833. The lowest BCUT2D eigenvalue weighted by Gasteiger charge is -2.39. The maximum absolute atomic E-state index is 13.7. The van der Waals surface area contributed by atoms with Gasteiger partial charge in [-0.1, -0.05) is 40.2 Å². The van der Waals surface area contributed by atoms with Crippen LogP contribution in [0.15, 0.2) is 89.0 Å². The topological polar surface area (TPSA) is 113 Å². The van der Waals surface area contributed by atoms with Crippen LogP contribution in [0.2, 0.25) is 0 Å². The van der Waals surface area contributed by atoms with Crippen molar-refractivity contribution in [2.75, 3.05) is 7.11 Å². The van der Waals surface area contributed by atoms with Gasteiger partial charge in [-0.05, 0) is 52.4 Å². The molecule has 0 radical (unpaired) electrons. The first kappa shape index (κ1) is 24.9. The molecule has 9 nitrogen and oxygen atoms in total. The number of aromatic nitrogens is 3. The Morgan fingerprint density at radius 1 is 1.08 bits per heavy atom. The van der Waals surface area contributed by atoms with Crippen LogP contribution in [0.1, 0.15) is 23.9 Å². The van der Waals surface area contributed by atoms with Gasteiger partial charge in [-0.2, -0.15) is 0 Å². The third-order valence-corrected chi connectivity index (χ3v) is 8.47. The van der Waals surface area contributed by atoms with Gasteiger partial charge in [0.2, 0.25) is 0 Å². The molecule has 2 heterocycles. The first-order valence-electron chi connectivity index (χ1n) is 11.7. The fraction of sp³-hybridized carbons (Fsp3) is 0.185. The number of benzene rings is 2. The number of hydrogen-bond acceptors (Lipinski definition) is 6. The Bertz CT molecular complexity index is 1780. The standard InChI is InChI=1S/C27H19BrIN3O6/c1-38-21-10-13(28)9-17(24(21)34)22-15-7-8-30-26(36)31(14-5-3-2-4-6-14)27(37)32(30)19(15)11-16-20(33)12-18(29)25(35)23(16)22/h2-7,9-10,12,19,22,34H,8,11H2,1H3/t19-,22-/m1/s1. The molecule has 2 aliphatic carbocycles. The molecule has 0 spiro atoms. The van der Waals surface area contributed by atoms with Gasteiger partial charge in [-0.15, -0.1) is 0 Å². The van der Waals surface area contributed by atoms with Crippen molar-refractivity contribution >= 4 is 50.1 Å². The molecule has 0 amide bonds. The number of halogens is 2. The molecule has 192 valence electrons. The van der Waals surface area contributed by atoms with Gasteiger partial charge in [0.15, 0.2) is 23.1 Å². The quantitative estimate of drug-likeness (QED) is 0.255. The van der Waals surface area contributed by atoms with Crippen LogP contribution >= 0.6 is 38.5 Å². The van der Waals surface area contributed by atoms with E-state index in [1.807, 2.05) is 28.7 Å². The van der Waals surface area contributed by atoms with Crippen molar-refractivity contribution in [3.05, 3.63) is 106 Å². The number of methoxy groups -OCH3 is 1. The predicted octanol–water partition coefficient (Wildman–Crippen LogP) is 3.71. The molecule has 0 fully saturated rings. The Morgan fingerprint density at radius 2 is 1.82 bits per heavy atom. The molecule has 2 aromatic carbocycles. The van der Waals surface area contributed by atoms with E-state index in [9.17, 15) is 24.3 Å². The Labute approximate surface area is 237 Å². The van der Waals surface area contributed by atoms with Crippen molar-refractivity contribution in [1.29, 1.82) is 0 Å². The monoisotopic (exact) mass is 687 g/mol. The van der Waals surface area contributed by atoms with E-state index >= 15 is 0 Å². The number of ketones is 2. The van der Waals surface area contributed by atoms with Gasteiger partial charge in [-0.25, -0.2) is 23.5 Å². The van der Waals surface area contributed by atoms with E-state index in [0.29, 0.717) is 21.3 Å². The molecule has 2 atom stereocenters. The number of rotatable bonds is 3. The average molecular weight is 688 g/mol. The summed E-state index contributed by atoms with van der Waals surface area (Å²) in [5.74, 6) is -1.44. The van der Waals surface area contributed by atoms with E-state index in [4.69, 9.17) is 4.74 Å². The van der Waals surface area contributed by atoms with Crippen LogP contribution in [0, 0.1) is 0 Å². The van der Waals surface area contributed by atoms with E-state index < -0.39 is 23.3 Å². The summed E-state index contributed by atoms with van der Waals surface area (Å²) in [5, 5.41) is 11.2. The van der Waals surface area contributed by atoms with E-state index in [-0.39, 0.29) is 50.8 Å². The lowest BCUT2D eigenvalue weighted by Crippen LogP contribution is -2.40. The number of phenols is 1. The van der Waals surface area contributed by atoms with E-state index in [2.05, 4.69) is 15.9 Å². The normalized spacial score (nSPS) is 20.4. The summed E-state index contributed by atoms with van der Waals surface area (Å²) in [7, 11) is 1.42. The van der Waals surface area contributed by atoms with Crippen molar-refractivity contribution in [1.82, 2.24) is 13.9 Å². The molecule has 3 aromatic rings. The zero-order valence-corrected chi connectivity index (χ0v) is 23.6. The van der Waals surface area contributed by atoms with Crippen LogP contribution in [0.25, 0.3) is 5.69 Å². The molecule has 3 aliphatic rings. The fourth-order valence-corrected chi connectivity index (χ4v) is 6.62. The Kier molecular flexibility index (Phi) is 5.94. The number of carbonyl (C=O) groups excluding carboxylic acids is 2. The molecule has 0 unspecified atom stereocenters. The third kappa shape index (κ3) is 3.55. The van der Waals surface area contributed by atoms with E-state index in [1.54, 1.807) is 42.5 Å². The molecule has 0 saturated carbocycles. The minimum absolute atomic E-state index is 0.0622. The van der Waals surface area contributed by atoms with Crippen molar-refractivity contribution < 1.29 is 19.4 Å². The van der Waals surface area contributed by atoms with Crippen molar-refractivity contribution in [2.45, 2.75) is 24.9 Å². The molecule has 1 N–H and O–H groups in total. The highest BCUT2D eigenvalue weighted by atomic mass is 127. The zero-order valence-electron chi connectivity index (χ0n) is 19.9. The maximum atomic E-state index is 13.7. The summed E-state index contributed by atoms with van der Waals surface area (Å²) in [5.41, 5.74) is 0.932. The largest absolute Gasteiger partial charge is 0.504 e. The molecule has 0 saturated heterocycles. The number of ether oxygens (including phenoxy) is 1. The van der Waals surface area contributed by atoms with Gasteiger partial charge < -0.3 is 9.84 Å². The van der Waals surface area contributed by atoms with Crippen LogP contribution in [0.4, 0.5) is 0 Å². The number of Topliss-reactive ketones (excluding diaryl/α,β-unsaturated/α-hetero) is 1. The number of para-hydroxylation sites is 1. The third-order valence-electron chi connectivity index (χ3n) is 7.22. The number of fused-ring (bicyclic) bond motifs is 3. The lowest BCUT2D eigenvalue weighted by atomic mass is 9.68. The van der Waals surface area contributed by atoms with Crippen LogP contribution in [-0.4, -0.2) is 37.7 Å². The molecular formula is C27H19BrIN3O6. The Balaban J connectivity index is 1.62. The highest BCUT2D eigenvalue weighted by Crippen LogP contribution is 2.53. The molecule has 6 rings (SSSR count). The van der Waals surface area contributed by atoms with Crippen molar-refractivity contribution in [3.63, 3.8) is 0 Å². The van der Waals surface area contributed by atoms with Crippen LogP contribution in [0.5, 0.6) is 11.5 Å². The van der Waals surface area contributed by atoms with E-state index in [1.165, 1.54) is 22.5 Å². The summed E-state index contributed by atoms with van der Waals surface area (Å²) in [4.78, 5) is 53.8. The second kappa shape index (κ2) is 9.09. The van der Waals surface area contributed by atoms with Crippen molar-refractivity contribution in [2.24, 2.45) is 0 Å². The second-order valence-electron chi connectivity index (χ2n) is 9.14. The molecular weight excluding hydrogens is 669 g/mol. The van der Waals surface area contributed by atoms with E-state index in [0.717, 1.165) is 4.57 Å². The SMILES string of the molecule is COc1cc(Br)cc([C@H]2C3=CCn4c(=O)n(-c5ccccc5)c(=O)n4[C@@H]3CC3=C2C(=O)C(I)=CC3=O)c1O. The smallest absolute Gasteiger partial charge is 0.352 e. The second-order valence-corrected chi connectivity index (χ2v) is 11.2. The molecule has 11 heteroatoms. The van der Waals surface area contributed by atoms with Crippen molar-refractivity contribution in [3.8, 4) is 17.2 Å². The van der Waals surface area contributed by atoms with Gasteiger partial charge in [0.05, 0.1) is 29.0 Å². The predicted molar refractivity (Wildman–Crippen MR) is 150 cm³/mol. The fourth-order valence-electron chi connectivity index (χ4n) is 5.59. The summed E-state index contributed by atoms with van der Waals surface area (Å²) >= 11 is 5.30. The van der Waals surface area contributed by atoms with Gasteiger partial charge >= 0.3 is 11.4 Å². The molecule has 38 heavy (non-hydrogen) atoms. The first-order valence-corrected chi connectivity index (χ1v) is 13.6. The summed E-state index contributed by atoms with van der Waals surface area (Å²) in [6.07, 6.45) is 3.17. The Morgan fingerprint density at radius 3 is 2.53 bits per heavy atom. The Hall–Kier alpha value is -3.45. The number of hydrogen-bond donors (Lipinski definition) is 1.